The van der Waals surface area contributed by atoms with Crippen LogP contribution in [0, 0.1) is 5.82 Å². The third-order valence-electron chi connectivity index (χ3n) is 6.11. The topological polar surface area (TPSA) is 82.6 Å². The van der Waals surface area contributed by atoms with Gasteiger partial charge in [-0.3, -0.25) is 4.79 Å². The zero-order chi connectivity index (χ0) is 22.9. The van der Waals surface area contributed by atoms with Gasteiger partial charge in [0.1, 0.15) is 0 Å². The van der Waals surface area contributed by atoms with E-state index < -0.39 is 0 Å². The van der Waals surface area contributed by atoms with E-state index in [1.807, 2.05) is 12.1 Å². The van der Waals surface area contributed by atoms with Crippen molar-refractivity contribution < 1.29 is 19.0 Å². The second-order valence-corrected chi connectivity index (χ2v) is 8.34. The maximum absolute atomic E-state index is 13.7. The van der Waals surface area contributed by atoms with Crippen LogP contribution in [0.3, 0.4) is 0 Å². The van der Waals surface area contributed by atoms with Gasteiger partial charge in [0.15, 0.2) is 11.6 Å². The molecule has 0 radical (unpaired) electrons. The van der Waals surface area contributed by atoms with Crippen molar-refractivity contribution in [1.29, 1.82) is 0 Å². The van der Waals surface area contributed by atoms with Crippen molar-refractivity contribution in [1.82, 2.24) is 16.0 Å². The van der Waals surface area contributed by atoms with E-state index in [0.717, 1.165) is 24.8 Å². The smallest absolute Gasteiger partial charge is 0.251 e. The molecule has 0 unspecified atom stereocenters. The van der Waals surface area contributed by atoms with Gasteiger partial charge in [0, 0.05) is 37.3 Å². The molecule has 1 aliphatic carbocycles. The summed E-state index contributed by atoms with van der Waals surface area (Å²) >= 11 is 0. The lowest BCUT2D eigenvalue weighted by molar-refractivity contribution is 0.0954. The quantitative estimate of drug-likeness (QED) is 0.401. The standard InChI is InChI=1S/C25H34FN3O3/c1-17(20-8-10-23(26)24(16-20)32-2)29-22-9-7-21(15-22)18-3-5-19(6-4-18)25(31)28-12-11-27-13-14-30/h3-6,8,10,16-17,21-22,27,29-30H,7,9,11-15H2,1-2H3,(H,28,31)/t17-,21-,22+/m1/s1. The van der Waals surface area contributed by atoms with Crippen LogP contribution in [0.4, 0.5) is 4.39 Å². The van der Waals surface area contributed by atoms with Crippen molar-refractivity contribution in [3.63, 3.8) is 0 Å². The monoisotopic (exact) mass is 443 g/mol. The fraction of sp³-hybridized carbons (Fsp3) is 0.480. The molecule has 0 spiro atoms. The Morgan fingerprint density at radius 3 is 2.66 bits per heavy atom. The van der Waals surface area contributed by atoms with Gasteiger partial charge >= 0.3 is 0 Å². The molecule has 2 aromatic carbocycles. The summed E-state index contributed by atoms with van der Waals surface area (Å²) in [7, 11) is 1.48. The molecule has 0 aliphatic heterocycles. The van der Waals surface area contributed by atoms with Gasteiger partial charge < -0.3 is 25.8 Å². The Morgan fingerprint density at radius 1 is 1.16 bits per heavy atom. The first-order valence-corrected chi connectivity index (χ1v) is 11.3. The zero-order valence-electron chi connectivity index (χ0n) is 18.9. The number of aliphatic hydroxyl groups excluding tert-OH is 1. The van der Waals surface area contributed by atoms with E-state index in [1.54, 1.807) is 12.1 Å². The molecule has 2 aromatic rings. The second kappa shape index (κ2) is 11.9. The Bertz CT molecular complexity index is 875. The number of carbonyl (C=O) groups excluding carboxylic acids is 1. The first-order chi connectivity index (χ1) is 15.5. The maximum atomic E-state index is 13.7. The summed E-state index contributed by atoms with van der Waals surface area (Å²) in [5.41, 5.74) is 2.92. The number of benzene rings is 2. The van der Waals surface area contributed by atoms with Gasteiger partial charge in [-0.05, 0) is 67.5 Å². The minimum absolute atomic E-state index is 0.0862. The van der Waals surface area contributed by atoms with Crippen molar-refractivity contribution in [3.05, 3.63) is 65.0 Å². The Hall–Kier alpha value is -2.48. The van der Waals surface area contributed by atoms with E-state index in [4.69, 9.17) is 9.84 Å². The van der Waals surface area contributed by atoms with Crippen LogP contribution >= 0.6 is 0 Å². The van der Waals surface area contributed by atoms with E-state index in [9.17, 15) is 9.18 Å². The minimum Gasteiger partial charge on any atom is -0.494 e. The Kier molecular flexibility index (Phi) is 9.02. The van der Waals surface area contributed by atoms with E-state index in [1.165, 1.54) is 18.7 Å². The van der Waals surface area contributed by atoms with Gasteiger partial charge in [-0.15, -0.1) is 0 Å². The third kappa shape index (κ3) is 6.51. The van der Waals surface area contributed by atoms with Crippen LogP contribution in [0.2, 0.25) is 0 Å². The number of hydrogen-bond donors (Lipinski definition) is 4. The van der Waals surface area contributed by atoms with Crippen molar-refractivity contribution in [3.8, 4) is 5.75 Å². The molecule has 174 valence electrons. The van der Waals surface area contributed by atoms with E-state index in [-0.39, 0.29) is 30.1 Å². The van der Waals surface area contributed by atoms with Gasteiger partial charge in [0.2, 0.25) is 0 Å². The van der Waals surface area contributed by atoms with Gasteiger partial charge in [-0.1, -0.05) is 18.2 Å². The highest BCUT2D eigenvalue weighted by Crippen LogP contribution is 2.35. The number of nitrogens with one attached hydrogen (secondary N) is 3. The molecule has 1 saturated carbocycles. The second-order valence-electron chi connectivity index (χ2n) is 8.34. The molecule has 1 amide bonds. The predicted molar refractivity (Wildman–Crippen MR) is 124 cm³/mol. The molecule has 3 atom stereocenters. The molecule has 1 fully saturated rings. The number of aliphatic hydroxyl groups is 1. The van der Waals surface area contributed by atoms with Crippen LogP contribution in [0.1, 0.15) is 59.6 Å². The van der Waals surface area contributed by atoms with Crippen LogP contribution in [0.25, 0.3) is 0 Å². The van der Waals surface area contributed by atoms with Crippen LogP contribution in [0.5, 0.6) is 5.75 Å². The summed E-state index contributed by atoms with van der Waals surface area (Å²) in [4.78, 5) is 12.3. The van der Waals surface area contributed by atoms with E-state index in [0.29, 0.717) is 37.2 Å². The molecule has 32 heavy (non-hydrogen) atoms. The molecule has 0 aromatic heterocycles. The fourth-order valence-corrected chi connectivity index (χ4v) is 4.31. The maximum Gasteiger partial charge on any atom is 0.251 e. The molecule has 7 heteroatoms. The average molecular weight is 444 g/mol. The summed E-state index contributed by atoms with van der Waals surface area (Å²) in [6, 6.07) is 13.4. The Balaban J connectivity index is 1.49. The number of hydrogen-bond acceptors (Lipinski definition) is 5. The summed E-state index contributed by atoms with van der Waals surface area (Å²) in [6.07, 6.45) is 3.21. The molecule has 0 bridgehead atoms. The number of carbonyl (C=O) groups is 1. The largest absolute Gasteiger partial charge is 0.494 e. The Labute approximate surface area is 189 Å². The summed E-state index contributed by atoms with van der Waals surface area (Å²) in [5, 5.41) is 18.3. The molecule has 3 rings (SSSR count). The van der Waals surface area contributed by atoms with Crippen molar-refractivity contribution in [2.24, 2.45) is 0 Å². The van der Waals surface area contributed by atoms with Gasteiger partial charge in [0.05, 0.1) is 13.7 Å². The molecule has 1 aliphatic rings. The normalized spacial score (nSPS) is 19.0. The highest BCUT2D eigenvalue weighted by Gasteiger charge is 2.27. The van der Waals surface area contributed by atoms with Gasteiger partial charge in [-0.2, -0.15) is 0 Å². The highest BCUT2D eigenvalue weighted by molar-refractivity contribution is 5.94. The lowest BCUT2D eigenvalue weighted by atomic mass is 9.96. The van der Waals surface area contributed by atoms with E-state index >= 15 is 0 Å². The molecular weight excluding hydrogens is 409 g/mol. The van der Waals surface area contributed by atoms with Crippen molar-refractivity contribution >= 4 is 5.91 Å². The molecule has 0 heterocycles. The van der Waals surface area contributed by atoms with Gasteiger partial charge in [-0.25, -0.2) is 4.39 Å². The lowest BCUT2D eigenvalue weighted by Gasteiger charge is -2.21. The average Bonchev–Trinajstić information content (AvgIpc) is 3.27. The molecule has 4 N–H and O–H groups in total. The van der Waals surface area contributed by atoms with E-state index in [2.05, 4.69) is 35.0 Å². The molecule has 0 saturated heterocycles. The summed E-state index contributed by atoms with van der Waals surface area (Å²) in [6.45, 7) is 3.86. The first kappa shape index (κ1) is 24.2. The van der Waals surface area contributed by atoms with Crippen LogP contribution < -0.4 is 20.7 Å². The number of amides is 1. The highest BCUT2D eigenvalue weighted by atomic mass is 19.1. The Morgan fingerprint density at radius 2 is 1.94 bits per heavy atom. The summed E-state index contributed by atoms with van der Waals surface area (Å²) < 4.78 is 18.8. The third-order valence-corrected chi connectivity index (χ3v) is 6.11. The predicted octanol–water partition coefficient (Wildman–Crippen LogP) is 3.13. The van der Waals surface area contributed by atoms with Crippen LogP contribution in [-0.2, 0) is 0 Å². The molecule has 6 nitrogen and oxygen atoms in total. The first-order valence-electron chi connectivity index (χ1n) is 11.3. The minimum atomic E-state index is -0.347. The number of halogens is 1. The zero-order valence-corrected chi connectivity index (χ0v) is 18.9. The van der Waals surface area contributed by atoms with Crippen molar-refractivity contribution in [2.75, 3.05) is 33.4 Å². The SMILES string of the molecule is COc1cc([C@@H](C)N[C@H]2CC[C@@H](c3ccc(C(=O)NCCNCCO)cc3)C2)ccc1F. The number of rotatable bonds is 11. The van der Waals surface area contributed by atoms with Crippen LogP contribution in [-0.4, -0.2) is 50.4 Å². The van der Waals surface area contributed by atoms with Crippen LogP contribution in [0.15, 0.2) is 42.5 Å². The van der Waals surface area contributed by atoms with Crippen molar-refractivity contribution in [2.45, 2.75) is 44.2 Å². The lowest BCUT2D eigenvalue weighted by Crippen LogP contribution is -2.32. The fourth-order valence-electron chi connectivity index (χ4n) is 4.31. The molecular formula is C25H34FN3O3. The summed E-state index contributed by atoms with van der Waals surface area (Å²) in [5.74, 6) is 0.296. The number of methoxy groups -OCH3 is 1. The van der Waals surface area contributed by atoms with Gasteiger partial charge in [0.25, 0.3) is 5.91 Å². The number of ether oxygens (including phenoxy) is 1.